The molecule has 0 bridgehead atoms. The van der Waals surface area contributed by atoms with E-state index in [2.05, 4.69) is 15.8 Å². The Morgan fingerprint density at radius 2 is 1.88 bits per heavy atom. The normalized spacial score (nSPS) is 14.9. The number of nitrogens with one attached hydrogen (secondary N) is 2. The second-order valence-corrected chi connectivity index (χ2v) is 6.60. The third-order valence-corrected chi connectivity index (χ3v) is 4.50. The molecule has 3 rings (SSSR count). The van der Waals surface area contributed by atoms with Crippen LogP contribution in [0.5, 0.6) is 0 Å². The lowest BCUT2D eigenvalue weighted by atomic mass is 9.95. The first-order valence-electron chi connectivity index (χ1n) is 8.42. The summed E-state index contributed by atoms with van der Waals surface area (Å²) >= 11 is 5.85. The van der Waals surface area contributed by atoms with Crippen molar-refractivity contribution in [3.8, 4) is 11.3 Å². The molecule has 1 saturated carbocycles. The molecule has 132 valence electrons. The zero-order valence-electron chi connectivity index (χ0n) is 13.8. The Hall–Kier alpha value is -2.34. The number of amides is 2. The molecule has 0 saturated heterocycles. The first-order valence-corrected chi connectivity index (χ1v) is 8.80. The van der Waals surface area contributed by atoms with Crippen LogP contribution >= 0.6 is 11.6 Å². The van der Waals surface area contributed by atoms with Gasteiger partial charge in [-0.3, -0.25) is 9.59 Å². The highest BCUT2D eigenvalue weighted by molar-refractivity contribution is 6.30. The summed E-state index contributed by atoms with van der Waals surface area (Å²) in [5.41, 5.74) is 0.904. The predicted molar refractivity (Wildman–Crippen MR) is 94.3 cm³/mol. The number of rotatable bonds is 5. The predicted octanol–water partition coefficient (Wildman–Crippen LogP) is 3.17. The number of halogens is 1. The second-order valence-electron chi connectivity index (χ2n) is 6.17. The van der Waals surface area contributed by atoms with E-state index in [1.165, 1.54) is 12.5 Å². The van der Waals surface area contributed by atoms with Crippen LogP contribution in [-0.4, -0.2) is 29.6 Å². The monoisotopic (exact) mass is 361 g/mol. The first-order chi connectivity index (χ1) is 12.1. The fourth-order valence-corrected chi connectivity index (χ4v) is 3.04. The van der Waals surface area contributed by atoms with Gasteiger partial charge in [-0.15, -0.1) is 0 Å². The molecule has 0 spiro atoms. The third kappa shape index (κ3) is 4.82. The van der Waals surface area contributed by atoms with Crippen LogP contribution < -0.4 is 10.6 Å². The van der Waals surface area contributed by atoms with E-state index < -0.39 is 5.91 Å². The van der Waals surface area contributed by atoms with Gasteiger partial charge in [0.25, 0.3) is 5.91 Å². The highest BCUT2D eigenvalue weighted by atomic mass is 35.5. The average molecular weight is 362 g/mol. The highest BCUT2D eigenvalue weighted by Crippen LogP contribution is 2.22. The zero-order chi connectivity index (χ0) is 17.6. The van der Waals surface area contributed by atoms with Crippen molar-refractivity contribution in [1.29, 1.82) is 0 Å². The van der Waals surface area contributed by atoms with Gasteiger partial charge in [0.05, 0.1) is 6.54 Å². The number of nitrogens with zero attached hydrogens (tertiary/aromatic N) is 1. The van der Waals surface area contributed by atoms with Crippen LogP contribution in [0.15, 0.2) is 34.9 Å². The summed E-state index contributed by atoms with van der Waals surface area (Å²) in [6, 6.07) is 8.78. The third-order valence-electron chi connectivity index (χ3n) is 4.25. The van der Waals surface area contributed by atoms with Crippen LogP contribution in [-0.2, 0) is 4.79 Å². The Morgan fingerprint density at radius 1 is 1.16 bits per heavy atom. The Labute approximate surface area is 150 Å². The quantitative estimate of drug-likeness (QED) is 0.856. The Bertz CT molecular complexity index is 736. The lowest BCUT2D eigenvalue weighted by Gasteiger charge is -2.22. The van der Waals surface area contributed by atoms with Gasteiger partial charge in [-0.2, -0.15) is 0 Å². The number of carbonyl (C=O) groups is 2. The van der Waals surface area contributed by atoms with E-state index in [9.17, 15) is 9.59 Å². The van der Waals surface area contributed by atoms with Crippen molar-refractivity contribution < 1.29 is 14.1 Å². The molecule has 1 heterocycles. The lowest BCUT2D eigenvalue weighted by Crippen LogP contribution is -2.42. The van der Waals surface area contributed by atoms with Gasteiger partial charge >= 0.3 is 0 Å². The SMILES string of the molecule is O=C(CNC(=O)c1cc(-c2ccc(Cl)cc2)on1)NC1CCCCC1. The van der Waals surface area contributed by atoms with Crippen molar-refractivity contribution in [3.63, 3.8) is 0 Å². The molecule has 1 aliphatic rings. The van der Waals surface area contributed by atoms with Crippen molar-refractivity contribution >= 4 is 23.4 Å². The molecule has 0 aliphatic heterocycles. The van der Waals surface area contributed by atoms with Crippen LogP contribution in [0.2, 0.25) is 5.02 Å². The largest absolute Gasteiger partial charge is 0.355 e. The highest BCUT2D eigenvalue weighted by Gasteiger charge is 2.18. The first kappa shape index (κ1) is 17.5. The molecule has 2 amide bonds. The van der Waals surface area contributed by atoms with Gasteiger partial charge in [-0.25, -0.2) is 0 Å². The average Bonchev–Trinajstić information content (AvgIpc) is 3.11. The number of hydrogen-bond donors (Lipinski definition) is 2. The molecule has 2 N–H and O–H groups in total. The summed E-state index contributed by atoms with van der Waals surface area (Å²) in [6.45, 7) is -0.0710. The molecule has 1 aliphatic carbocycles. The Morgan fingerprint density at radius 3 is 2.60 bits per heavy atom. The van der Waals surface area contributed by atoms with Crippen molar-refractivity contribution in [1.82, 2.24) is 15.8 Å². The van der Waals surface area contributed by atoms with E-state index in [-0.39, 0.29) is 24.2 Å². The van der Waals surface area contributed by atoms with Gasteiger partial charge < -0.3 is 15.2 Å². The van der Waals surface area contributed by atoms with Crippen LogP contribution in [0.1, 0.15) is 42.6 Å². The molecule has 1 aromatic heterocycles. The van der Waals surface area contributed by atoms with Crippen LogP contribution in [0, 0.1) is 0 Å². The molecule has 1 aromatic carbocycles. The summed E-state index contributed by atoms with van der Waals surface area (Å²) < 4.78 is 5.19. The van der Waals surface area contributed by atoms with Crippen molar-refractivity contribution in [2.75, 3.05) is 6.54 Å². The molecule has 6 nitrogen and oxygen atoms in total. The smallest absolute Gasteiger partial charge is 0.273 e. The van der Waals surface area contributed by atoms with Crippen LogP contribution in [0.4, 0.5) is 0 Å². The Balaban J connectivity index is 1.51. The number of aromatic nitrogens is 1. The van der Waals surface area contributed by atoms with E-state index in [0.29, 0.717) is 10.8 Å². The van der Waals surface area contributed by atoms with Gasteiger partial charge in [-0.1, -0.05) is 36.0 Å². The lowest BCUT2D eigenvalue weighted by molar-refractivity contribution is -0.121. The minimum Gasteiger partial charge on any atom is -0.355 e. The maximum absolute atomic E-state index is 12.1. The fraction of sp³-hybridized carbons (Fsp3) is 0.389. The molecule has 7 heteroatoms. The van der Waals surface area contributed by atoms with E-state index >= 15 is 0 Å². The summed E-state index contributed by atoms with van der Waals surface area (Å²) in [4.78, 5) is 24.0. The maximum atomic E-state index is 12.1. The maximum Gasteiger partial charge on any atom is 0.273 e. The summed E-state index contributed by atoms with van der Waals surface area (Å²) in [7, 11) is 0. The van der Waals surface area contributed by atoms with Gasteiger partial charge in [-0.05, 0) is 37.1 Å². The molecule has 0 unspecified atom stereocenters. The van der Waals surface area contributed by atoms with Crippen LogP contribution in [0.25, 0.3) is 11.3 Å². The van der Waals surface area contributed by atoms with E-state index in [4.69, 9.17) is 16.1 Å². The standard InChI is InChI=1S/C18H20ClN3O3/c19-13-8-6-12(7-9-13)16-10-15(22-25-16)18(24)20-11-17(23)21-14-4-2-1-3-5-14/h6-10,14H,1-5,11H2,(H,20,24)(H,21,23). The van der Waals surface area contributed by atoms with Crippen molar-refractivity contribution in [2.45, 2.75) is 38.1 Å². The molecule has 1 fully saturated rings. The number of hydrogen-bond acceptors (Lipinski definition) is 4. The molecular weight excluding hydrogens is 342 g/mol. The summed E-state index contributed by atoms with van der Waals surface area (Å²) in [5.74, 6) is -0.155. The van der Waals surface area contributed by atoms with Gasteiger partial charge in [0.1, 0.15) is 0 Å². The van der Waals surface area contributed by atoms with Gasteiger partial charge in [0, 0.05) is 22.7 Å². The molecule has 0 atom stereocenters. The summed E-state index contributed by atoms with van der Waals surface area (Å²) in [5, 5.41) is 9.89. The van der Waals surface area contributed by atoms with Crippen LogP contribution in [0.3, 0.4) is 0 Å². The van der Waals surface area contributed by atoms with E-state index in [0.717, 1.165) is 31.2 Å². The molecular formula is C18H20ClN3O3. The molecule has 0 radical (unpaired) electrons. The minimum absolute atomic E-state index is 0.0710. The zero-order valence-corrected chi connectivity index (χ0v) is 14.5. The number of carbonyl (C=O) groups excluding carboxylic acids is 2. The van der Waals surface area contributed by atoms with Crippen molar-refractivity contribution in [2.24, 2.45) is 0 Å². The minimum atomic E-state index is -0.442. The van der Waals surface area contributed by atoms with Crippen molar-refractivity contribution in [3.05, 3.63) is 41.0 Å². The molecule has 2 aromatic rings. The van der Waals surface area contributed by atoms with Gasteiger partial charge in [0.15, 0.2) is 11.5 Å². The summed E-state index contributed by atoms with van der Waals surface area (Å²) in [6.07, 6.45) is 5.53. The topological polar surface area (TPSA) is 84.2 Å². The molecule has 25 heavy (non-hydrogen) atoms. The Kier molecular flexibility index (Phi) is 5.71. The second kappa shape index (κ2) is 8.16. The fourth-order valence-electron chi connectivity index (χ4n) is 2.91. The van der Waals surface area contributed by atoms with E-state index in [1.807, 2.05) is 0 Å². The van der Waals surface area contributed by atoms with Gasteiger partial charge in [0.2, 0.25) is 5.91 Å². The number of benzene rings is 1. The van der Waals surface area contributed by atoms with E-state index in [1.54, 1.807) is 24.3 Å².